The minimum absolute atomic E-state index is 1.59. The van der Waals surface area contributed by atoms with Crippen molar-refractivity contribution in [3.05, 3.63) is 0 Å². The van der Waals surface area contributed by atoms with Crippen molar-refractivity contribution in [2.45, 2.75) is 30.2 Å². The van der Waals surface area contributed by atoms with E-state index in [1.165, 1.54) is 0 Å². The van der Waals surface area contributed by atoms with Gasteiger partial charge in [0.05, 0.1) is 0 Å². The number of halogens is 11. The number of ether oxygens (including phenoxy) is 1. The van der Waals surface area contributed by atoms with E-state index >= 15 is 0 Å². The second-order valence-corrected chi connectivity index (χ2v) is 3.07. The molecule has 0 saturated carbocycles. The predicted molar refractivity (Wildman–Crippen MR) is 32.6 cm³/mol. The summed E-state index contributed by atoms with van der Waals surface area (Å²) in [5.74, 6) is -18.0. The van der Waals surface area contributed by atoms with Crippen molar-refractivity contribution in [3.8, 4) is 0 Å². The van der Waals surface area contributed by atoms with Crippen LogP contribution >= 0.6 is 0 Å². The zero-order chi connectivity index (χ0) is 16.8. The Balaban J connectivity index is 5.73. The van der Waals surface area contributed by atoms with E-state index < -0.39 is 36.2 Å². The van der Waals surface area contributed by atoms with E-state index in [1.807, 2.05) is 0 Å². The number of hydrogen-bond donors (Lipinski definition) is 0. The average molecular weight is 329 g/mol. The maximum atomic E-state index is 12.6. The molecular weight excluding hydrogens is 329 g/mol. The lowest BCUT2D eigenvalue weighted by molar-refractivity contribution is -0.475. The Labute approximate surface area is 100 Å². The topological polar surface area (TPSA) is 46.2 Å². The first-order chi connectivity index (χ1) is 8.40. The van der Waals surface area contributed by atoms with Crippen LogP contribution in [-0.2, 0) is 14.6 Å². The molecule has 0 aliphatic heterocycles. The Morgan fingerprint density at radius 1 is 0.700 bits per heavy atom. The summed E-state index contributed by atoms with van der Waals surface area (Å²) < 4.78 is 133. The maximum absolute atomic E-state index is 12.6. The molecule has 14 heteroatoms. The molecule has 0 bridgehead atoms. The molecule has 1 atom stereocenters. The zero-order valence-electron chi connectivity index (χ0n) is 8.38. The van der Waals surface area contributed by atoms with Gasteiger partial charge in [0, 0.05) is 0 Å². The van der Waals surface area contributed by atoms with Crippen molar-refractivity contribution in [1.29, 1.82) is 0 Å². The molecule has 0 aliphatic rings. The highest BCUT2D eigenvalue weighted by atomic mass is 19.4. The fraction of sp³-hybridized carbons (Fsp3) is 0.833. The molecule has 3 nitrogen and oxygen atoms in total. The fourth-order valence-corrected chi connectivity index (χ4v) is 0.621. The minimum Gasteiger partial charge on any atom is -0.260 e. The average Bonchev–Trinajstić information content (AvgIpc) is 2.12. The summed E-state index contributed by atoms with van der Waals surface area (Å²) in [7, 11) is 0. The lowest BCUT2D eigenvalue weighted by atomic mass is 10.2. The summed E-state index contributed by atoms with van der Waals surface area (Å²) in [6, 6.07) is 0. The molecule has 0 aromatic carbocycles. The van der Waals surface area contributed by atoms with Gasteiger partial charge in [-0.1, -0.05) is 0 Å². The SMILES string of the molecule is [O]C(=O)C(F)(OC(F)(F)C(F)(F)C(F)(F)F)C(F)(F)F. The summed E-state index contributed by atoms with van der Waals surface area (Å²) in [4.78, 5) is 9.73. The molecule has 0 N–H and O–H groups in total. The fourth-order valence-electron chi connectivity index (χ4n) is 0.621. The molecule has 0 spiro atoms. The van der Waals surface area contributed by atoms with Gasteiger partial charge in [-0.05, 0) is 0 Å². The molecule has 0 heterocycles. The highest BCUT2D eigenvalue weighted by molar-refractivity contribution is 5.76. The normalized spacial score (nSPS) is 17.8. The minimum atomic E-state index is -7.29. The Morgan fingerprint density at radius 3 is 1.25 bits per heavy atom. The summed E-state index contributed by atoms with van der Waals surface area (Å²) in [6.07, 6.45) is -21.2. The Hall–Kier alpha value is -1.34. The van der Waals surface area contributed by atoms with E-state index in [2.05, 4.69) is 0 Å². The first-order valence-corrected chi connectivity index (χ1v) is 3.90. The third kappa shape index (κ3) is 2.88. The van der Waals surface area contributed by atoms with Crippen molar-refractivity contribution in [2.75, 3.05) is 0 Å². The van der Waals surface area contributed by atoms with Gasteiger partial charge >= 0.3 is 36.2 Å². The number of carbonyl (C=O) groups is 1. The van der Waals surface area contributed by atoms with E-state index in [9.17, 15) is 58.2 Å². The number of rotatable bonds is 4. The van der Waals surface area contributed by atoms with Crippen LogP contribution in [0.3, 0.4) is 0 Å². The van der Waals surface area contributed by atoms with Crippen LogP contribution in [0.5, 0.6) is 0 Å². The standard InChI is InChI=1S/C6F11O3/c7-2(1(18)19,4(10,11)12)20-6(16,17)3(8,9)5(13,14)15. The summed E-state index contributed by atoms with van der Waals surface area (Å²) >= 11 is 0. The van der Waals surface area contributed by atoms with Crippen LogP contribution in [0.15, 0.2) is 0 Å². The molecule has 0 saturated heterocycles. The monoisotopic (exact) mass is 329 g/mol. The number of hydrogen-bond acceptors (Lipinski definition) is 2. The summed E-state index contributed by atoms with van der Waals surface area (Å²) in [5.41, 5.74) is 0. The molecule has 0 aliphatic carbocycles. The van der Waals surface area contributed by atoms with Gasteiger partial charge in [0.1, 0.15) is 0 Å². The lowest BCUT2D eigenvalue weighted by Gasteiger charge is -2.32. The van der Waals surface area contributed by atoms with Crippen LogP contribution in [0.2, 0.25) is 0 Å². The number of alkyl halides is 11. The highest BCUT2D eigenvalue weighted by Gasteiger charge is 2.80. The Kier molecular flexibility index (Phi) is 4.29. The van der Waals surface area contributed by atoms with Crippen LogP contribution in [0.25, 0.3) is 0 Å². The van der Waals surface area contributed by atoms with Crippen LogP contribution in [0.4, 0.5) is 48.3 Å². The maximum Gasteiger partial charge on any atom is 0.462 e. The van der Waals surface area contributed by atoms with Crippen LogP contribution in [-0.4, -0.2) is 36.2 Å². The van der Waals surface area contributed by atoms with Crippen LogP contribution in [0, 0.1) is 0 Å². The first kappa shape index (κ1) is 18.7. The highest BCUT2D eigenvalue weighted by Crippen LogP contribution is 2.50. The third-order valence-corrected chi connectivity index (χ3v) is 1.62. The van der Waals surface area contributed by atoms with Crippen molar-refractivity contribution in [3.63, 3.8) is 0 Å². The molecule has 20 heavy (non-hydrogen) atoms. The van der Waals surface area contributed by atoms with Crippen LogP contribution < -0.4 is 0 Å². The second-order valence-electron chi connectivity index (χ2n) is 3.07. The molecular formula is C6F11O3. The molecule has 0 aromatic rings. The van der Waals surface area contributed by atoms with Crippen molar-refractivity contribution < 1.29 is 62.9 Å². The quantitative estimate of drug-likeness (QED) is 0.745. The lowest BCUT2D eigenvalue weighted by Crippen LogP contribution is -2.61. The van der Waals surface area contributed by atoms with Gasteiger partial charge in [-0.25, -0.2) is 9.90 Å². The zero-order valence-corrected chi connectivity index (χ0v) is 8.38. The second kappa shape index (κ2) is 4.60. The molecule has 1 unspecified atom stereocenters. The van der Waals surface area contributed by atoms with Gasteiger partial charge in [0.2, 0.25) is 0 Å². The predicted octanol–water partition coefficient (Wildman–Crippen LogP) is 2.98. The van der Waals surface area contributed by atoms with Gasteiger partial charge in [-0.15, -0.1) is 0 Å². The molecule has 119 valence electrons. The van der Waals surface area contributed by atoms with Crippen molar-refractivity contribution in [2.24, 2.45) is 0 Å². The van der Waals surface area contributed by atoms with Gasteiger partial charge in [0.25, 0.3) is 0 Å². The third-order valence-electron chi connectivity index (χ3n) is 1.62. The van der Waals surface area contributed by atoms with E-state index in [0.29, 0.717) is 0 Å². The van der Waals surface area contributed by atoms with Gasteiger partial charge in [-0.2, -0.15) is 48.3 Å². The van der Waals surface area contributed by atoms with E-state index in [1.54, 1.807) is 4.74 Å². The smallest absolute Gasteiger partial charge is 0.260 e. The summed E-state index contributed by atoms with van der Waals surface area (Å²) in [5, 5.41) is 9.73. The van der Waals surface area contributed by atoms with Gasteiger partial charge < -0.3 is 0 Å². The Bertz CT molecular complexity index is 383. The van der Waals surface area contributed by atoms with Crippen molar-refractivity contribution >= 4 is 5.97 Å². The van der Waals surface area contributed by atoms with Crippen LogP contribution in [0.1, 0.15) is 0 Å². The molecule has 0 fully saturated rings. The summed E-state index contributed by atoms with van der Waals surface area (Å²) in [6.45, 7) is 0. The first-order valence-electron chi connectivity index (χ1n) is 3.90. The van der Waals surface area contributed by atoms with Gasteiger partial charge in [-0.3, -0.25) is 4.74 Å². The molecule has 0 rings (SSSR count). The van der Waals surface area contributed by atoms with E-state index in [4.69, 9.17) is 0 Å². The molecule has 1 radical (unpaired) electrons. The number of carbonyl (C=O) groups excluding carboxylic acids is 1. The van der Waals surface area contributed by atoms with E-state index in [-0.39, 0.29) is 0 Å². The van der Waals surface area contributed by atoms with E-state index in [0.717, 1.165) is 0 Å². The molecule has 0 aromatic heterocycles. The molecule has 0 amide bonds. The Morgan fingerprint density at radius 2 is 1.05 bits per heavy atom. The van der Waals surface area contributed by atoms with Gasteiger partial charge in [0.15, 0.2) is 0 Å². The van der Waals surface area contributed by atoms with Crippen molar-refractivity contribution in [1.82, 2.24) is 0 Å². The largest absolute Gasteiger partial charge is 0.462 e.